The first kappa shape index (κ1) is 25.2. The summed E-state index contributed by atoms with van der Waals surface area (Å²) in [5.41, 5.74) is 2.02. The molecule has 1 aromatic rings. The van der Waals surface area contributed by atoms with Gasteiger partial charge in [-0.25, -0.2) is 0 Å². The predicted molar refractivity (Wildman–Crippen MR) is 111 cm³/mol. The molecule has 0 spiro atoms. The molecule has 30 heavy (non-hydrogen) atoms. The number of carbonyl (C=O) groups is 2. The standard InChI is InChI=1S/C8H6O4.2C7H14N2/c9-7(10)5-3-1-2-4-6(5)8(11)12;2*1-6-5-8(3)7(2)9(6)4/h1-4H,(H,9,10)(H,11,12);2*5,7H,1-4H3. The lowest BCUT2D eigenvalue weighted by Gasteiger charge is -2.19. The Kier molecular flexibility index (Phi) is 9.07. The van der Waals surface area contributed by atoms with E-state index in [4.69, 9.17) is 0 Å². The topological polar surface area (TPSA) is 95.6 Å². The van der Waals surface area contributed by atoms with Crippen molar-refractivity contribution in [2.45, 2.75) is 40.0 Å². The van der Waals surface area contributed by atoms with Crippen molar-refractivity contribution >= 4 is 11.9 Å². The number of quaternary nitrogens is 2. The summed E-state index contributed by atoms with van der Waals surface area (Å²) < 4.78 is 0. The van der Waals surface area contributed by atoms with Crippen LogP contribution in [0.2, 0.25) is 0 Å². The zero-order valence-electron chi connectivity index (χ0n) is 19.1. The number of carboxylic acids is 2. The number of aromatic carboxylic acids is 2. The van der Waals surface area contributed by atoms with Crippen LogP contribution in [-0.4, -0.2) is 62.3 Å². The van der Waals surface area contributed by atoms with Gasteiger partial charge in [0.2, 0.25) is 0 Å². The van der Waals surface area contributed by atoms with Crippen LogP contribution in [0.3, 0.4) is 0 Å². The van der Waals surface area contributed by atoms with Gasteiger partial charge in [0.05, 0.1) is 37.4 Å². The molecule has 0 aliphatic carbocycles. The summed E-state index contributed by atoms with van der Waals surface area (Å²) in [4.78, 5) is 28.2. The maximum atomic E-state index is 10.3. The average molecular weight is 419 g/mol. The normalized spacial score (nSPS) is 24.8. The van der Waals surface area contributed by atoms with Gasteiger partial charge in [-0.1, -0.05) is 24.3 Å². The Morgan fingerprint density at radius 2 is 1.10 bits per heavy atom. The van der Waals surface area contributed by atoms with E-state index in [-0.39, 0.29) is 11.1 Å². The Balaban J connectivity index is 0.000000229. The van der Waals surface area contributed by atoms with E-state index in [0.29, 0.717) is 12.3 Å². The molecular weight excluding hydrogens is 384 g/mol. The highest BCUT2D eigenvalue weighted by Crippen LogP contribution is 2.06. The molecule has 8 heteroatoms. The SMILES string of the molecule is CC1=C[NH+](C)C(C)N1C.CC1=C[NH+](C)C(C)N1C.O=C([O-])c1ccccc1C(=O)[O-]. The monoisotopic (exact) mass is 418 g/mol. The second-order valence-electron chi connectivity index (χ2n) is 7.75. The number of allylic oxidation sites excluding steroid dienone is 2. The lowest BCUT2D eigenvalue weighted by Crippen LogP contribution is -3.07. The molecule has 0 aromatic heterocycles. The molecule has 0 radical (unpaired) electrons. The predicted octanol–water partition coefficient (Wildman–Crippen LogP) is -2.28. The van der Waals surface area contributed by atoms with Gasteiger partial charge in [-0.05, 0) is 13.8 Å². The van der Waals surface area contributed by atoms with Crippen LogP contribution in [0.1, 0.15) is 48.4 Å². The van der Waals surface area contributed by atoms with Crippen molar-refractivity contribution in [3.05, 3.63) is 59.2 Å². The van der Waals surface area contributed by atoms with Crippen LogP contribution in [0, 0.1) is 0 Å². The van der Waals surface area contributed by atoms with Crippen molar-refractivity contribution in [2.75, 3.05) is 28.2 Å². The van der Waals surface area contributed by atoms with Crippen LogP contribution in [-0.2, 0) is 0 Å². The van der Waals surface area contributed by atoms with Crippen molar-refractivity contribution in [3.63, 3.8) is 0 Å². The lowest BCUT2D eigenvalue weighted by atomic mass is 10.1. The quantitative estimate of drug-likeness (QED) is 0.562. The number of carboxylic acid groups (broad SMARTS) is 2. The lowest BCUT2D eigenvalue weighted by molar-refractivity contribution is -0.854. The summed E-state index contributed by atoms with van der Waals surface area (Å²) in [6.07, 6.45) is 5.71. The second-order valence-corrected chi connectivity index (χ2v) is 7.75. The summed E-state index contributed by atoms with van der Waals surface area (Å²) in [6, 6.07) is 5.14. The molecule has 0 amide bonds. The molecule has 3 rings (SSSR count). The van der Waals surface area contributed by atoms with Crippen molar-refractivity contribution < 1.29 is 29.6 Å². The number of hydrogen-bond donors (Lipinski definition) is 2. The molecule has 2 heterocycles. The van der Waals surface area contributed by atoms with E-state index in [0.717, 1.165) is 12.1 Å². The minimum atomic E-state index is -1.52. The average Bonchev–Trinajstić information content (AvgIpc) is 3.05. The zero-order valence-corrected chi connectivity index (χ0v) is 19.1. The van der Waals surface area contributed by atoms with E-state index < -0.39 is 11.9 Å². The van der Waals surface area contributed by atoms with Crippen LogP contribution >= 0.6 is 0 Å². The Labute approximate surface area is 179 Å². The summed E-state index contributed by atoms with van der Waals surface area (Å²) in [6.45, 7) is 8.74. The molecule has 4 atom stereocenters. The summed E-state index contributed by atoms with van der Waals surface area (Å²) in [5.74, 6) is -3.04. The van der Waals surface area contributed by atoms with Crippen LogP contribution in [0.25, 0.3) is 0 Å². The van der Waals surface area contributed by atoms with Gasteiger partial charge < -0.3 is 29.6 Å². The molecule has 2 aliphatic rings. The largest absolute Gasteiger partial charge is 0.545 e. The maximum Gasteiger partial charge on any atom is 0.164 e. The Morgan fingerprint density at radius 1 is 0.800 bits per heavy atom. The van der Waals surface area contributed by atoms with Gasteiger partial charge in [0, 0.05) is 39.1 Å². The van der Waals surface area contributed by atoms with Crippen LogP contribution < -0.4 is 20.0 Å². The molecule has 0 saturated heterocycles. The van der Waals surface area contributed by atoms with Crippen LogP contribution in [0.5, 0.6) is 0 Å². The van der Waals surface area contributed by atoms with Gasteiger partial charge in [-0.3, -0.25) is 9.80 Å². The minimum Gasteiger partial charge on any atom is -0.545 e. The summed E-state index contributed by atoms with van der Waals surface area (Å²) in [5, 5.41) is 20.6. The Hall–Kier alpha value is -2.84. The first-order valence-electron chi connectivity index (χ1n) is 9.89. The van der Waals surface area contributed by atoms with E-state index in [2.05, 4.69) is 78.1 Å². The first-order chi connectivity index (χ1) is 13.9. The molecule has 2 N–H and O–H groups in total. The number of nitrogens with one attached hydrogen (secondary N) is 2. The Bertz CT molecular complexity index is 754. The van der Waals surface area contributed by atoms with Crippen molar-refractivity contribution in [2.24, 2.45) is 0 Å². The van der Waals surface area contributed by atoms with Crippen molar-refractivity contribution in [1.82, 2.24) is 9.80 Å². The van der Waals surface area contributed by atoms with E-state index in [1.807, 2.05) is 0 Å². The van der Waals surface area contributed by atoms with E-state index in [1.54, 1.807) is 0 Å². The fraction of sp³-hybridized carbons (Fsp3) is 0.455. The molecule has 0 bridgehead atoms. The Morgan fingerprint density at radius 3 is 1.23 bits per heavy atom. The number of rotatable bonds is 2. The molecule has 2 aliphatic heterocycles. The molecule has 0 saturated carbocycles. The fourth-order valence-electron chi connectivity index (χ4n) is 3.16. The smallest absolute Gasteiger partial charge is 0.164 e. The van der Waals surface area contributed by atoms with Gasteiger partial charge >= 0.3 is 0 Å². The van der Waals surface area contributed by atoms with E-state index >= 15 is 0 Å². The van der Waals surface area contributed by atoms with Crippen molar-refractivity contribution in [1.29, 1.82) is 0 Å². The number of hydrogen-bond acceptors (Lipinski definition) is 6. The summed E-state index contributed by atoms with van der Waals surface area (Å²) in [7, 11) is 8.62. The molecule has 1 aromatic carbocycles. The third-order valence-corrected chi connectivity index (χ3v) is 5.83. The highest BCUT2D eigenvalue weighted by atomic mass is 16.4. The zero-order chi connectivity index (χ0) is 23.2. The number of benzene rings is 1. The highest BCUT2D eigenvalue weighted by molar-refractivity contribution is 5.99. The molecular formula is C22H34N4O4. The third kappa shape index (κ3) is 6.33. The summed E-state index contributed by atoms with van der Waals surface area (Å²) >= 11 is 0. The minimum absolute atomic E-state index is 0.363. The maximum absolute atomic E-state index is 10.3. The number of carbonyl (C=O) groups excluding carboxylic acids is 2. The van der Waals surface area contributed by atoms with Gasteiger partial charge in [0.1, 0.15) is 12.4 Å². The first-order valence-corrected chi connectivity index (χ1v) is 9.89. The number of nitrogens with zero attached hydrogens (tertiary/aromatic N) is 2. The van der Waals surface area contributed by atoms with E-state index in [9.17, 15) is 19.8 Å². The molecule has 166 valence electrons. The second kappa shape index (κ2) is 10.8. The molecule has 4 unspecified atom stereocenters. The van der Waals surface area contributed by atoms with Crippen LogP contribution in [0.4, 0.5) is 0 Å². The van der Waals surface area contributed by atoms with Gasteiger partial charge in [-0.2, -0.15) is 0 Å². The molecule has 0 fully saturated rings. The van der Waals surface area contributed by atoms with Gasteiger partial charge in [0.15, 0.2) is 12.3 Å². The van der Waals surface area contributed by atoms with Crippen LogP contribution in [0.15, 0.2) is 48.1 Å². The van der Waals surface area contributed by atoms with Gasteiger partial charge in [-0.15, -0.1) is 0 Å². The van der Waals surface area contributed by atoms with Gasteiger partial charge in [0.25, 0.3) is 0 Å². The third-order valence-electron chi connectivity index (χ3n) is 5.83. The highest BCUT2D eigenvalue weighted by Gasteiger charge is 2.24. The molecule has 8 nitrogen and oxygen atoms in total. The fourth-order valence-corrected chi connectivity index (χ4v) is 3.16. The van der Waals surface area contributed by atoms with Crippen molar-refractivity contribution in [3.8, 4) is 0 Å². The van der Waals surface area contributed by atoms with E-state index in [1.165, 1.54) is 33.3 Å².